The lowest BCUT2D eigenvalue weighted by molar-refractivity contribution is -0.00380. The molecule has 0 fully saturated rings. The van der Waals surface area contributed by atoms with Crippen LogP contribution in [0.2, 0.25) is 0 Å². The Kier molecular flexibility index (Phi) is 40.4. The van der Waals surface area contributed by atoms with Crippen LogP contribution in [-0.4, -0.2) is 116 Å². The molecule has 0 aliphatic heterocycles. The van der Waals surface area contributed by atoms with E-state index in [0.29, 0.717) is 59.5 Å². The molecule has 9 heteroatoms. The lowest BCUT2D eigenvalue weighted by Gasteiger charge is -2.06. The van der Waals surface area contributed by atoms with Crippen molar-refractivity contribution in [3.63, 3.8) is 0 Å². The topological polar surface area (TPSA) is 116 Å². The Morgan fingerprint density at radius 1 is 0.417 bits per heavy atom. The van der Waals surface area contributed by atoms with Gasteiger partial charge in [-0.1, -0.05) is 0 Å². The summed E-state index contributed by atoms with van der Waals surface area (Å²) in [6.45, 7) is 5.18. The van der Waals surface area contributed by atoms with E-state index in [-0.39, 0.29) is 19.8 Å². The van der Waals surface area contributed by atoms with E-state index in [1.54, 1.807) is 21.3 Å². The van der Waals surface area contributed by atoms with E-state index in [1.807, 2.05) is 0 Å². The molecule has 0 aromatic rings. The second kappa shape index (κ2) is 34.1. The third-order valence-electron chi connectivity index (χ3n) is 2.00. The maximum Gasteiger partial charge on any atom is 0.0701 e. The lowest BCUT2D eigenvalue weighted by Crippen LogP contribution is -2.12. The smallest absolute Gasteiger partial charge is 0.0701 e. The van der Waals surface area contributed by atoms with Gasteiger partial charge in [-0.2, -0.15) is 0 Å². The van der Waals surface area contributed by atoms with Gasteiger partial charge in [0.2, 0.25) is 0 Å². The molecule has 0 atom stereocenters. The van der Waals surface area contributed by atoms with Crippen molar-refractivity contribution >= 4 is 0 Å². The summed E-state index contributed by atoms with van der Waals surface area (Å²) in [5.41, 5.74) is 0. The molecule has 0 unspecified atom stereocenters. The molecule has 0 amide bonds. The molecule has 0 spiro atoms. The zero-order valence-corrected chi connectivity index (χ0v) is 15.3. The van der Waals surface area contributed by atoms with E-state index in [0.717, 1.165) is 0 Å². The van der Waals surface area contributed by atoms with Gasteiger partial charge in [-0.05, 0) is 0 Å². The van der Waals surface area contributed by atoms with Crippen molar-refractivity contribution in [1.82, 2.24) is 0 Å². The van der Waals surface area contributed by atoms with Crippen molar-refractivity contribution in [2.45, 2.75) is 0 Å². The van der Waals surface area contributed by atoms with Gasteiger partial charge in [0.05, 0.1) is 79.3 Å². The van der Waals surface area contributed by atoms with Crippen molar-refractivity contribution in [3.05, 3.63) is 0 Å². The fraction of sp³-hybridized carbons (Fsp3) is 1.00. The van der Waals surface area contributed by atoms with Crippen molar-refractivity contribution < 1.29 is 43.7 Å². The molecule has 0 rings (SSSR count). The molecule has 0 aliphatic carbocycles. The highest BCUT2D eigenvalue weighted by molar-refractivity contribution is 4.34. The molecule has 3 N–H and O–H groups in total. The minimum Gasteiger partial charge on any atom is -0.394 e. The maximum absolute atomic E-state index is 7.94. The number of aliphatic hydroxyl groups excluding tert-OH is 3. The van der Waals surface area contributed by atoms with Gasteiger partial charge in [-0.3, -0.25) is 0 Å². The first-order valence-electron chi connectivity index (χ1n) is 7.77. The summed E-state index contributed by atoms with van der Waals surface area (Å²) >= 11 is 0. The summed E-state index contributed by atoms with van der Waals surface area (Å²) in [6.07, 6.45) is 0. The molecule has 0 saturated carbocycles. The average molecular weight is 360 g/mol. The fourth-order valence-corrected chi connectivity index (χ4v) is 0.918. The average Bonchev–Trinajstić information content (AvgIpc) is 2.61. The molecule has 0 aliphatic rings. The summed E-state index contributed by atoms with van der Waals surface area (Å²) in [5.74, 6) is 0. The highest BCUT2D eigenvalue weighted by Gasteiger charge is 1.91. The van der Waals surface area contributed by atoms with Crippen molar-refractivity contribution in [3.8, 4) is 0 Å². The molecule has 150 valence electrons. The second-order valence-corrected chi connectivity index (χ2v) is 3.99. The minimum atomic E-state index is -0.125. The molecular weight excluding hydrogens is 324 g/mol. The summed E-state index contributed by atoms with van der Waals surface area (Å²) in [7, 11) is 4.85. The summed E-state index contributed by atoms with van der Waals surface area (Å²) < 4.78 is 29.8. The number of aliphatic hydroxyl groups is 3. The zero-order chi connectivity index (χ0) is 18.7. The van der Waals surface area contributed by atoms with Gasteiger partial charge >= 0.3 is 0 Å². The Hall–Kier alpha value is -0.360. The number of methoxy groups -OCH3 is 3. The van der Waals surface area contributed by atoms with E-state index in [9.17, 15) is 0 Å². The SMILES string of the molecule is COCCO.COCCOCCOCCOCCOC.OCCO. The van der Waals surface area contributed by atoms with Crippen LogP contribution < -0.4 is 0 Å². The Balaban J connectivity index is -0.000000402. The predicted octanol–water partition coefficient (Wildman–Crippen LogP) is -1.07. The van der Waals surface area contributed by atoms with Gasteiger partial charge in [0.25, 0.3) is 0 Å². The molecule has 24 heavy (non-hydrogen) atoms. The first-order chi connectivity index (χ1) is 11.7. The molecule has 0 heterocycles. The molecule has 0 saturated heterocycles. The largest absolute Gasteiger partial charge is 0.394 e. The van der Waals surface area contributed by atoms with Gasteiger partial charge in [-0.25, -0.2) is 0 Å². The summed E-state index contributed by atoms with van der Waals surface area (Å²) in [6, 6.07) is 0. The van der Waals surface area contributed by atoms with Crippen LogP contribution in [0.25, 0.3) is 0 Å². The Bertz CT molecular complexity index is 157. The van der Waals surface area contributed by atoms with Crippen molar-refractivity contribution in [2.24, 2.45) is 0 Å². The standard InChI is InChI=1S/C10H22O5.C3H8O2.C2H6O2/c1-11-3-5-13-7-9-15-10-8-14-6-4-12-2;1-5-3-2-4;3-1-2-4/h3-10H2,1-2H3;4H,2-3H2,1H3;3-4H,1-2H2. The van der Waals surface area contributed by atoms with Crippen molar-refractivity contribution in [1.29, 1.82) is 0 Å². The van der Waals surface area contributed by atoms with Gasteiger partial charge < -0.3 is 43.7 Å². The molecule has 0 aromatic heterocycles. The molecule has 0 radical (unpaired) electrons. The van der Waals surface area contributed by atoms with Gasteiger partial charge in [0.1, 0.15) is 0 Å². The highest BCUT2D eigenvalue weighted by atomic mass is 16.6. The third kappa shape index (κ3) is 43.0. The van der Waals surface area contributed by atoms with Crippen LogP contribution in [0.15, 0.2) is 0 Å². The molecule has 0 bridgehead atoms. The van der Waals surface area contributed by atoms with E-state index < -0.39 is 0 Å². The Labute approximate surface area is 145 Å². The number of ether oxygens (including phenoxy) is 6. The quantitative estimate of drug-likeness (QED) is 0.314. The van der Waals surface area contributed by atoms with E-state index in [1.165, 1.54) is 0 Å². The first kappa shape index (κ1) is 28.4. The van der Waals surface area contributed by atoms with E-state index in [4.69, 9.17) is 39.0 Å². The Morgan fingerprint density at radius 2 is 0.708 bits per heavy atom. The fourth-order valence-electron chi connectivity index (χ4n) is 0.918. The van der Waals surface area contributed by atoms with Crippen LogP contribution in [0.4, 0.5) is 0 Å². The zero-order valence-electron chi connectivity index (χ0n) is 15.3. The van der Waals surface area contributed by atoms with Gasteiger partial charge in [0.15, 0.2) is 0 Å². The van der Waals surface area contributed by atoms with E-state index in [2.05, 4.69) is 4.74 Å². The monoisotopic (exact) mass is 360 g/mol. The Morgan fingerprint density at radius 3 is 0.875 bits per heavy atom. The number of hydrogen-bond donors (Lipinski definition) is 3. The lowest BCUT2D eigenvalue weighted by atomic mass is 10.7. The van der Waals surface area contributed by atoms with E-state index >= 15 is 0 Å². The normalized spacial score (nSPS) is 9.75. The van der Waals surface area contributed by atoms with Gasteiger partial charge in [0, 0.05) is 21.3 Å². The van der Waals surface area contributed by atoms with Gasteiger partial charge in [-0.15, -0.1) is 0 Å². The molecule has 0 aromatic carbocycles. The molecular formula is C15H36O9. The van der Waals surface area contributed by atoms with Crippen LogP contribution in [0.1, 0.15) is 0 Å². The summed E-state index contributed by atoms with van der Waals surface area (Å²) in [4.78, 5) is 0. The minimum absolute atomic E-state index is 0.122. The third-order valence-corrected chi connectivity index (χ3v) is 2.00. The maximum atomic E-state index is 7.94. The molecule has 9 nitrogen and oxygen atoms in total. The predicted molar refractivity (Wildman–Crippen MR) is 89.3 cm³/mol. The van der Waals surface area contributed by atoms with Crippen LogP contribution in [0.3, 0.4) is 0 Å². The van der Waals surface area contributed by atoms with Crippen LogP contribution in [-0.2, 0) is 28.4 Å². The van der Waals surface area contributed by atoms with Crippen LogP contribution in [0.5, 0.6) is 0 Å². The second-order valence-electron chi connectivity index (χ2n) is 3.99. The first-order valence-corrected chi connectivity index (χ1v) is 7.77. The number of rotatable bonds is 15. The van der Waals surface area contributed by atoms with Crippen LogP contribution in [0, 0.1) is 0 Å². The highest BCUT2D eigenvalue weighted by Crippen LogP contribution is 1.82. The van der Waals surface area contributed by atoms with Crippen molar-refractivity contribution in [2.75, 3.05) is 101 Å². The van der Waals surface area contributed by atoms with Crippen LogP contribution >= 0.6 is 0 Å². The summed E-state index contributed by atoms with van der Waals surface area (Å²) in [5, 5.41) is 23.2. The number of hydrogen-bond acceptors (Lipinski definition) is 9.